The fourth-order valence-electron chi connectivity index (χ4n) is 1.18. The van der Waals surface area contributed by atoms with Crippen LogP contribution in [-0.2, 0) is 11.3 Å². The molecule has 0 saturated carbocycles. The first-order valence-electron chi connectivity index (χ1n) is 5.46. The van der Waals surface area contributed by atoms with E-state index in [-0.39, 0.29) is 37.2 Å². The zero-order chi connectivity index (χ0) is 14.5. The number of aromatic nitrogens is 1. The Balaban J connectivity index is 0. The zero-order valence-corrected chi connectivity index (χ0v) is 12.6. The third-order valence-corrected chi connectivity index (χ3v) is 2.09. The number of ether oxygens (including phenoxy) is 1. The molecule has 5 nitrogen and oxygen atoms in total. The first-order chi connectivity index (χ1) is 8.79. The maximum atomic E-state index is 12.1. The quantitative estimate of drug-likeness (QED) is 0.850. The van der Waals surface area contributed by atoms with Gasteiger partial charge in [-0.25, -0.2) is 4.98 Å². The minimum atomic E-state index is -4.44. The SMILES string of the molecule is C[C@@H](N)C(=O)NCc1cccnc1OCC(F)(F)F.Cl.Cl. The van der Waals surface area contributed by atoms with Crippen molar-refractivity contribution in [2.24, 2.45) is 5.73 Å². The molecule has 0 aromatic carbocycles. The zero-order valence-electron chi connectivity index (χ0n) is 11.0. The molecule has 0 aliphatic carbocycles. The van der Waals surface area contributed by atoms with Gasteiger partial charge < -0.3 is 15.8 Å². The fourth-order valence-corrected chi connectivity index (χ4v) is 1.18. The molecule has 122 valence electrons. The lowest BCUT2D eigenvalue weighted by Gasteiger charge is -2.13. The van der Waals surface area contributed by atoms with Gasteiger partial charge in [-0.1, -0.05) is 6.07 Å². The summed E-state index contributed by atoms with van der Waals surface area (Å²) in [6.07, 6.45) is -3.13. The van der Waals surface area contributed by atoms with Crippen molar-refractivity contribution in [1.82, 2.24) is 10.3 Å². The molecule has 1 amide bonds. The van der Waals surface area contributed by atoms with Gasteiger partial charge in [0, 0.05) is 18.3 Å². The summed E-state index contributed by atoms with van der Waals surface area (Å²) >= 11 is 0. The molecular formula is C11H16Cl2F3N3O2. The highest BCUT2D eigenvalue weighted by molar-refractivity contribution is 5.85. The summed E-state index contributed by atoms with van der Waals surface area (Å²) in [5.74, 6) is -0.574. The molecule has 0 saturated heterocycles. The Kier molecular flexibility index (Phi) is 10.1. The number of nitrogens with one attached hydrogen (secondary N) is 1. The third kappa shape index (κ3) is 8.59. The van der Waals surface area contributed by atoms with Crippen molar-refractivity contribution in [3.05, 3.63) is 23.9 Å². The second-order valence-electron chi connectivity index (χ2n) is 3.88. The van der Waals surface area contributed by atoms with E-state index in [9.17, 15) is 18.0 Å². The Morgan fingerprint density at radius 1 is 1.48 bits per heavy atom. The number of nitrogens with zero attached hydrogens (tertiary/aromatic N) is 1. The van der Waals surface area contributed by atoms with E-state index in [4.69, 9.17) is 5.73 Å². The van der Waals surface area contributed by atoms with Gasteiger partial charge in [0.25, 0.3) is 0 Å². The van der Waals surface area contributed by atoms with Crippen molar-refractivity contribution in [2.75, 3.05) is 6.61 Å². The highest BCUT2D eigenvalue weighted by Gasteiger charge is 2.29. The average molecular weight is 350 g/mol. The highest BCUT2D eigenvalue weighted by Crippen LogP contribution is 2.19. The molecular weight excluding hydrogens is 334 g/mol. The molecule has 0 unspecified atom stereocenters. The summed E-state index contributed by atoms with van der Waals surface area (Å²) < 4.78 is 40.7. The van der Waals surface area contributed by atoms with E-state index in [1.54, 1.807) is 0 Å². The van der Waals surface area contributed by atoms with E-state index in [0.717, 1.165) is 0 Å². The number of carbonyl (C=O) groups is 1. The predicted octanol–water partition coefficient (Wildman–Crippen LogP) is 1.83. The number of hydrogen-bond acceptors (Lipinski definition) is 4. The van der Waals surface area contributed by atoms with E-state index in [0.29, 0.717) is 5.56 Å². The van der Waals surface area contributed by atoms with Crippen molar-refractivity contribution in [1.29, 1.82) is 0 Å². The highest BCUT2D eigenvalue weighted by atomic mass is 35.5. The number of hydrogen-bond donors (Lipinski definition) is 2. The fraction of sp³-hybridized carbons (Fsp3) is 0.455. The largest absolute Gasteiger partial charge is 0.468 e. The first-order valence-corrected chi connectivity index (χ1v) is 5.46. The van der Waals surface area contributed by atoms with Gasteiger partial charge in [-0.15, -0.1) is 24.8 Å². The van der Waals surface area contributed by atoms with Crippen LogP contribution >= 0.6 is 24.8 Å². The van der Waals surface area contributed by atoms with Crippen LogP contribution < -0.4 is 15.8 Å². The topological polar surface area (TPSA) is 77.2 Å². The minimum Gasteiger partial charge on any atom is -0.468 e. The van der Waals surface area contributed by atoms with Gasteiger partial charge in [0.2, 0.25) is 11.8 Å². The van der Waals surface area contributed by atoms with Crippen molar-refractivity contribution >= 4 is 30.7 Å². The lowest BCUT2D eigenvalue weighted by molar-refractivity contribution is -0.154. The molecule has 3 N–H and O–H groups in total. The molecule has 10 heteroatoms. The van der Waals surface area contributed by atoms with Gasteiger partial charge >= 0.3 is 6.18 Å². The van der Waals surface area contributed by atoms with Crippen LogP contribution in [0.3, 0.4) is 0 Å². The van der Waals surface area contributed by atoms with Crippen LogP contribution in [0.1, 0.15) is 12.5 Å². The molecule has 0 aliphatic heterocycles. The van der Waals surface area contributed by atoms with Crippen molar-refractivity contribution in [3.63, 3.8) is 0 Å². The van der Waals surface area contributed by atoms with E-state index < -0.39 is 24.7 Å². The van der Waals surface area contributed by atoms with Gasteiger partial charge in [-0.3, -0.25) is 4.79 Å². The van der Waals surface area contributed by atoms with Crippen molar-refractivity contribution in [3.8, 4) is 5.88 Å². The van der Waals surface area contributed by atoms with Crippen LogP contribution in [0, 0.1) is 0 Å². The maximum absolute atomic E-state index is 12.1. The molecule has 0 bridgehead atoms. The van der Waals surface area contributed by atoms with Gasteiger partial charge in [-0.2, -0.15) is 13.2 Å². The Morgan fingerprint density at radius 3 is 2.62 bits per heavy atom. The second kappa shape index (κ2) is 9.64. The molecule has 0 aliphatic rings. The summed E-state index contributed by atoms with van der Waals surface area (Å²) in [7, 11) is 0. The smallest absolute Gasteiger partial charge is 0.422 e. The summed E-state index contributed by atoms with van der Waals surface area (Å²) in [6.45, 7) is 0.0687. The number of alkyl halides is 3. The lowest BCUT2D eigenvalue weighted by atomic mass is 10.2. The summed E-state index contributed by atoms with van der Waals surface area (Å²) in [5, 5.41) is 2.47. The van der Waals surface area contributed by atoms with Crippen molar-refractivity contribution < 1.29 is 22.7 Å². The number of carbonyl (C=O) groups excluding carboxylic acids is 1. The summed E-state index contributed by atoms with van der Waals surface area (Å²) in [6, 6.07) is 2.35. The number of rotatable bonds is 5. The molecule has 0 fully saturated rings. The van der Waals surface area contributed by atoms with E-state index in [1.807, 2.05) is 0 Å². The molecule has 1 atom stereocenters. The first kappa shape index (κ1) is 22.0. The Bertz CT molecular complexity index is 445. The number of amides is 1. The number of pyridine rings is 1. The minimum absolute atomic E-state index is 0. The van der Waals surface area contributed by atoms with E-state index >= 15 is 0 Å². The standard InChI is InChI=1S/C11H14F3N3O2.2ClH/c1-7(15)9(18)17-5-8-3-2-4-16-10(8)19-6-11(12,13)14;;/h2-4,7H,5-6,15H2,1H3,(H,17,18);2*1H/t7-;;/m1../s1. The van der Waals surface area contributed by atoms with Crippen LogP contribution in [0.2, 0.25) is 0 Å². The monoisotopic (exact) mass is 349 g/mol. The lowest BCUT2D eigenvalue weighted by Crippen LogP contribution is -2.37. The van der Waals surface area contributed by atoms with Gasteiger partial charge in [0.1, 0.15) is 0 Å². The predicted molar refractivity (Wildman–Crippen MR) is 75.8 cm³/mol. The number of halogens is 5. The second-order valence-corrected chi connectivity index (χ2v) is 3.88. The maximum Gasteiger partial charge on any atom is 0.422 e. The normalized spacial score (nSPS) is 11.7. The van der Waals surface area contributed by atoms with Crippen LogP contribution in [0.5, 0.6) is 5.88 Å². The Morgan fingerprint density at radius 2 is 2.10 bits per heavy atom. The van der Waals surface area contributed by atoms with Crippen LogP contribution in [0.4, 0.5) is 13.2 Å². The molecule has 21 heavy (non-hydrogen) atoms. The van der Waals surface area contributed by atoms with Crippen LogP contribution in [0.15, 0.2) is 18.3 Å². The molecule has 0 spiro atoms. The Hall–Kier alpha value is -1.25. The Labute approximate surface area is 132 Å². The average Bonchev–Trinajstić information content (AvgIpc) is 2.33. The van der Waals surface area contributed by atoms with Crippen LogP contribution in [0.25, 0.3) is 0 Å². The molecule has 1 aromatic heterocycles. The van der Waals surface area contributed by atoms with Gasteiger partial charge in [-0.05, 0) is 13.0 Å². The molecule has 0 radical (unpaired) electrons. The third-order valence-electron chi connectivity index (χ3n) is 2.09. The van der Waals surface area contributed by atoms with Gasteiger partial charge in [0.15, 0.2) is 6.61 Å². The van der Waals surface area contributed by atoms with E-state index in [1.165, 1.54) is 25.3 Å². The van der Waals surface area contributed by atoms with Crippen LogP contribution in [-0.4, -0.2) is 29.7 Å². The summed E-state index contributed by atoms with van der Waals surface area (Å²) in [5.41, 5.74) is 5.69. The number of nitrogens with two attached hydrogens (primary N) is 1. The van der Waals surface area contributed by atoms with Crippen molar-refractivity contribution in [2.45, 2.75) is 25.7 Å². The molecule has 1 rings (SSSR count). The molecule has 1 aromatic rings. The summed E-state index contributed by atoms with van der Waals surface area (Å²) in [4.78, 5) is 15.0. The van der Waals surface area contributed by atoms with Gasteiger partial charge in [0.05, 0.1) is 6.04 Å². The molecule has 1 heterocycles. The van der Waals surface area contributed by atoms with E-state index in [2.05, 4.69) is 15.0 Å².